The zero-order chi connectivity index (χ0) is 9.14. The van der Waals surface area contributed by atoms with E-state index >= 15 is 0 Å². The van der Waals surface area contributed by atoms with Crippen molar-refractivity contribution in [3.05, 3.63) is 17.0 Å². The van der Waals surface area contributed by atoms with Crippen molar-refractivity contribution in [2.75, 3.05) is 5.73 Å². The van der Waals surface area contributed by atoms with Gasteiger partial charge in [-0.05, 0) is 23.9 Å². The zero-order valence-corrected chi connectivity index (χ0v) is 7.97. The van der Waals surface area contributed by atoms with Crippen LogP contribution >= 0.6 is 11.6 Å². The second-order valence-corrected chi connectivity index (χ2v) is 3.49. The van der Waals surface area contributed by atoms with Crippen molar-refractivity contribution in [2.24, 2.45) is 5.92 Å². The van der Waals surface area contributed by atoms with E-state index in [0.717, 1.165) is 12.1 Å². The molecule has 0 amide bonds. The number of hydrogen-bond acceptors (Lipinski definition) is 3. The fraction of sp³-hybridized carbons (Fsp3) is 0.500. The van der Waals surface area contributed by atoms with Crippen molar-refractivity contribution in [1.29, 1.82) is 0 Å². The highest BCUT2D eigenvalue weighted by Crippen LogP contribution is 2.10. The summed E-state index contributed by atoms with van der Waals surface area (Å²) >= 11 is 5.63. The molecule has 0 saturated carbocycles. The second kappa shape index (κ2) is 3.72. The molecule has 1 aromatic heterocycles. The standard InChI is InChI=1S/C8H12ClN3/c1-5(2)3-6-4-7(10)12-8(9)11-6/h4-5H,3H2,1-2H3,(H2,10,11,12). The number of hydrogen-bond donors (Lipinski definition) is 1. The lowest BCUT2D eigenvalue weighted by atomic mass is 10.1. The van der Waals surface area contributed by atoms with E-state index in [-0.39, 0.29) is 5.28 Å². The zero-order valence-electron chi connectivity index (χ0n) is 7.21. The molecule has 0 aliphatic rings. The van der Waals surface area contributed by atoms with Crippen LogP contribution in [0, 0.1) is 5.92 Å². The monoisotopic (exact) mass is 185 g/mol. The molecule has 0 aromatic carbocycles. The molecule has 3 nitrogen and oxygen atoms in total. The summed E-state index contributed by atoms with van der Waals surface area (Å²) < 4.78 is 0. The Balaban J connectivity index is 2.85. The molecular formula is C8H12ClN3. The Kier molecular flexibility index (Phi) is 2.87. The molecule has 66 valence electrons. The normalized spacial score (nSPS) is 10.7. The molecule has 0 unspecified atom stereocenters. The van der Waals surface area contributed by atoms with Gasteiger partial charge in [0, 0.05) is 11.8 Å². The van der Waals surface area contributed by atoms with E-state index in [1.165, 1.54) is 0 Å². The highest BCUT2D eigenvalue weighted by atomic mass is 35.5. The maximum atomic E-state index is 5.63. The number of anilines is 1. The van der Waals surface area contributed by atoms with Crippen LogP contribution in [0.5, 0.6) is 0 Å². The molecule has 1 rings (SSSR count). The molecule has 0 aliphatic heterocycles. The van der Waals surface area contributed by atoms with E-state index in [2.05, 4.69) is 23.8 Å². The van der Waals surface area contributed by atoms with Gasteiger partial charge in [-0.15, -0.1) is 0 Å². The molecule has 0 saturated heterocycles. The van der Waals surface area contributed by atoms with Crippen LogP contribution in [0.15, 0.2) is 6.07 Å². The minimum Gasteiger partial charge on any atom is -0.384 e. The summed E-state index contributed by atoms with van der Waals surface area (Å²) in [4.78, 5) is 7.82. The van der Waals surface area contributed by atoms with Gasteiger partial charge in [-0.25, -0.2) is 9.97 Å². The smallest absolute Gasteiger partial charge is 0.224 e. The third-order valence-electron chi connectivity index (χ3n) is 1.39. The minimum atomic E-state index is 0.227. The summed E-state index contributed by atoms with van der Waals surface area (Å²) in [5.74, 6) is 0.987. The summed E-state index contributed by atoms with van der Waals surface area (Å²) in [7, 11) is 0. The van der Waals surface area contributed by atoms with Crippen molar-refractivity contribution >= 4 is 17.4 Å². The quantitative estimate of drug-likeness (QED) is 0.717. The lowest BCUT2D eigenvalue weighted by Gasteiger charge is -2.04. The van der Waals surface area contributed by atoms with Crippen molar-refractivity contribution in [2.45, 2.75) is 20.3 Å². The van der Waals surface area contributed by atoms with E-state index in [9.17, 15) is 0 Å². The number of aromatic nitrogens is 2. The summed E-state index contributed by atoms with van der Waals surface area (Å²) in [6.07, 6.45) is 0.881. The molecule has 0 fully saturated rings. The third kappa shape index (κ3) is 2.66. The Bertz CT molecular complexity index is 253. The van der Waals surface area contributed by atoms with Gasteiger partial charge in [0.25, 0.3) is 0 Å². The third-order valence-corrected chi connectivity index (χ3v) is 1.56. The number of nitrogens with zero attached hydrogens (tertiary/aromatic N) is 2. The van der Waals surface area contributed by atoms with Crippen LogP contribution < -0.4 is 5.73 Å². The molecule has 0 atom stereocenters. The second-order valence-electron chi connectivity index (χ2n) is 3.15. The Labute approximate surface area is 77.0 Å². The predicted molar refractivity (Wildman–Crippen MR) is 50.0 cm³/mol. The van der Waals surface area contributed by atoms with Crippen LogP contribution in [0.1, 0.15) is 19.5 Å². The van der Waals surface area contributed by atoms with Crippen LogP contribution in [0.25, 0.3) is 0 Å². The fourth-order valence-electron chi connectivity index (χ4n) is 1.01. The highest BCUT2D eigenvalue weighted by Gasteiger charge is 2.02. The van der Waals surface area contributed by atoms with Crippen LogP contribution in [-0.4, -0.2) is 9.97 Å². The predicted octanol–water partition coefficient (Wildman–Crippen LogP) is 1.91. The van der Waals surface area contributed by atoms with Crippen molar-refractivity contribution in [3.8, 4) is 0 Å². The fourth-order valence-corrected chi connectivity index (χ4v) is 1.21. The molecule has 1 heterocycles. The lowest BCUT2D eigenvalue weighted by molar-refractivity contribution is 0.634. The van der Waals surface area contributed by atoms with Crippen molar-refractivity contribution < 1.29 is 0 Å². The molecule has 1 aromatic rings. The first-order valence-corrected chi connectivity index (χ1v) is 4.24. The van der Waals surface area contributed by atoms with Gasteiger partial charge in [0.1, 0.15) is 5.82 Å². The molecule has 2 N–H and O–H groups in total. The Morgan fingerprint density at radius 3 is 2.67 bits per heavy atom. The average molecular weight is 186 g/mol. The molecular weight excluding hydrogens is 174 g/mol. The van der Waals surface area contributed by atoms with Crippen molar-refractivity contribution in [3.63, 3.8) is 0 Å². The molecule has 0 spiro atoms. The first kappa shape index (κ1) is 9.26. The van der Waals surface area contributed by atoms with E-state index < -0.39 is 0 Å². The molecule has 4 heteroatoms. The first-order valence-electron chi connectivity index (χ1n) is 3.87. The van der Waals surface area contributed by atoms with Gasteiger partial charge in [-0.3, -0.25) is 0 Å². The summed E-state index contributed by atoms with van der Waals surface area (Å²) in [5, 5.41) is 0.227. The van der Waals surface area contributed by atoms with Crippen LogP contribution in [0.2, 0.25) is 5.28 Å². The maximum absolute atomic E-state index is 5.63. The van der Waals surface area contributed by atoms with Gasteiger partial charge in [-0.2, -0.15) is 0 Å². The van der Waals surface area contributed by atoms with Crippen molar-refractivity contribution in [1.82, 2.24) is 9.97 Å². The van der Waals surface area contributed by atoms with Gasteiger partial charge < -0.3 is 5.73 Å². The summed E-state index contributed by atoms with van der Waals surface area (Å²) in [6, 6.07) is 1.76. The lowest BCUT2D eigenvalue weighted by Crippen LogP contribution is -2.01. The van der Waals surface area contributed by atoms with E-state index in [1.807, 2.05) is 0 Å². The Morgan fingerprint density at radius 1 is 1.50 bits per heavy atom. The molecule has 0 bridgehead atoms. The SMILES string of the molecule is CC(C)Cc1cc(N)nc(Cl)n1. The van der Waals surface area contributed by atoms with E-state index in [4.69, 9.17) is 17.3 Å². The highest BCUT2D eigenvalue weighted by molar-refractivity contribution is 6.28. The first-order chi connectivity index (χ1) is 5.58. The topological polar surface area (TPSA) is 51.8 Å². The van der Waals surface area contributed by atoms with Gasteiger partial charge in [0.15, 0.2) is 0 Å². The van der Waals surface area contributed by atoms with Gasteiger partial charge in [0.2, 0.25) is 5.28 Å². The number of nitrogens with two attached hydrogens (primary N) is 1. The van der Waals surface area contributed by atoms with Gasteiger partial charge >= 0.3 is 0 Å². The van der Waals surface area contributed by atoms with Gasteiger partial charge in [-0.1, -0.05) is 13.8 Å². The van der Waals surface area contributed by atoms with Crippen LogP contribution in [0.3, 0.4) is 0 Å². The largest absolute Gasteiger partial charge is 0.384 e. The number of rotatable bonds is 2. The Morgan fingerprint density at radius 2 is 2.17 bits per heavy atom. The van der Waals surface area contributed by atoms with Gasteiger partial charge in [0.05, 0.1) is 0 Å². The van der Waals surface area contributed by atoms with Crippen LogP contribution in [-0.2, 0) is 6.42 Å². The number of nitrogen functional groups attached to an aromatic ring is 1. The number of halogens is 1. The average Bonchev–Trinajstić information content (AvgIpc) is 1.81. The molecule has 0 aliphatic carbocycles. The van der Waals surface area contributed by atoms with E-state index in [1.54, 1.807) is 6.07 Å². The maximum Gasteiger partial charge on any atom is 0.224 e. The summed E-state index contributed by atoms with van der Waals surface area (Å²) in [6.45, 7) is 4.23. The van der Waals surface area contributed by atoms with E-state index in [0.29, 0.717) is 11.7 Å². The minimum absolute atomic E-state index is 0.227. The van der Waals surface area contributed by atoms with Crippen LogP contribution in [0.4, 0.5) is 5.82 Å². The Hall–Kier alpha value is -0.830. The summed E-state index contributed by atoms with van der Waals surface area (Å²) in [5.41, 5.74) is 6.40. The molecule has 0 radical (unpaired) electrons. The molecule has 12 heavy (non-hydrogen) atoms.